The van der Waals surface area contributed by atoms with Gasteiger partial charge in [-0.15, -0.1) is 0 Å². The topological polar surface area (TPSA) is 67.8 Å². The van der Waals surface area contributed by atoms with Crippen LogP contribution in [0.2, 0.25) is 0 Å². The number of aliphatic hydroxyl groups is 1. The van der Waals surface area contributed by atoms with Gasteiger partial charge < -0.3 is 10.4 Å². The van der Waals surface area contributed by atoms with Crippen LogP contribution in [0.5, 0.6) is 0 Å². The van der Waals surface area contributed by atoms with E-state index in [9.17, 15) is 9.90 Å². The van der Waals surface area contributed by atoms with Crippen molar-refractivity contribution >= 4 is 5.91 Å². The Morgan fingerprint density at radius 2 is 1.75 bits per heavy atom. The molecule has 4 atom stereocenters. The number of hydrogen-bond acceptors (Lipinski definition) is 4. The molecule has 3 aliphatic rings. The summed E-state index contributed by atoms with van der Waals surface area (Å²) in [6, 6.07) is 0.235. The summed E-state index contributed by atoms with van der Waals surface area (Å²) in [5, 5.41) is 14.0. The molecule has 3 aliphatic carbocycles. The van der Waals surface area contributed by atoms with Gasteiger partial charge in [0.05, 0.1) is 6.10 Å². The quantitative estimate of drug-likeness (QED) is 0.390. The third-order valence-corrected chi connectivity index (χ3v) is 6.32. The van der Waals surface area contributed by atoms with Gasteiger partial charge in [0.15, 0.2) is 0 Å². The molecule has 0 aromatic heterocycles. The maximum atomic E-state index is 12.1. The maximum absolute atomic E-state index is 12.1. The van der Waals surface area contributed by atoms with Crippen LogP contribution in [0.1, 0.15) is 99.3 Å². The SMILES string of the molecule is CC.CC1CC2CC(C1)C(O)(OOC1CCC(NC(=O)CC(C)(C)C)CC1)C2. The Morgan fingerprint density at radius 1 is 1.11 bits per heavy atom. The largest absolute Gasteiger partial charge is 0.363 e. The highest BCUT2D eigenvalue weighted by molar-refractivity contribution is 5.76. The molecule has 3 rings (SSSR count). The van der Waals surface area contributed by atoms with Gasteiger partial charge in [0.2, 0.25) is 11.7 Å². The van der Waals surface area contributed by atoms with Gasteiger partial charge in [0.25, 0.3) is 0 Å². The Bertz CT molecular complexity index is 495. The second kappa shape index (κ2) is 9.90. The van der Waals surface area contributed by atoms with Crippen molar-refractivity contribution in [3.63, 3.8) is 0 Å². The summed E-state index contributed by atoms with van der Waals surface area (Å²) in [4.78, 5) is 23.4. The average molecular weight is 398 g/mol. The summed E-state index contributed by atoms with van der Waals surface area (Å²) in [6.45, 7) is 12.5. The van der Waals surface area contributed by atoms with Gasteiger partial charge in [-0.25, -0.2) is 9.78 Å². The first-order chi connectivity index (χ1) is 13.1. The van der Waals surface area contributed by atoms with E-state index in [1.807, 2.05) is 13.8 Å². The fraction of sp³-hybridized carbons (Fsp3) is 0.957. The van der Waals surface area contributed by atoms with E-state index in [2.05, 4.69) is 33.0 Å². The van der Waals surface area contributed by atoms with Crippen molar-refractivity contribution in [3.05, 3.63) is 0 Å². The van der Waals surface area contributed by atoms with Gasteiger partial charge in [0, 0.05) is 24.8 Å². The van der Waals surface area contributed by atoms with Gasteiger partial charge in [-0.05, 0) is 62.2 Å². The van der Waals surface area contributed by atoms with E-state index in [0.29, 0.717) is 24.7 Å². The Kier molecular flexibility index (Phi) is 8.36. The van der Waals surface area contributed by atoms with E-state index in [1.54, 1.807) is 0 Å². The monoisotopic (exact) mass is 397 g/mol. The maximum Gasteiger partial charge on any atom is 0.220 e. The number of amides is 1. The number of rotatable bonds is 5. The van der Waals surface area contributed by atoms with Gasteiger partial charge in [-0.2, -0.15) is 0 Å². The predicted octanol–water partition coefficient (Wildman–Crippen LogP) is 4.97. The lowest BCUT2D eigenvalue weighted by atomic mass is 9.81. The Labute approximate surface area is 171 Å². The number of carbonyl (C=O) groups is 1. The van der Waals surface area contributed by atoms with Crippen LogP contribution >= 0.6 is 0 Å². The van der Waals surface area contributed by atoms with E-state index in [-0.39, 0.29) is 29.4 Å². The van der Waals surface area contributed by atoms with Crippen LogP contribution in [0.4, 0.5) is 0 Å². The smallest absolute Gasteiger partial charge is 0.220 e. The first-order valence-electron chi connectivity index (χ1n) is 11.5. The van der Waals surface area contributed by atoms with Gasteiger partial charge in [-0.1, -0.05) is 41.5 Å². The molecule has 1 amide bonds. The summed E-state index contributed by atoms with van der Waals surface area (Å²) >= 11 is 0. The molecule has 0 aromatic carbocycles. The number of hydrogen-bond donors (Lipinski definition) is 2. The standard InChI is InChI=1S/C21H37NO4.C2H6/c1-14-9-15-11-16(10-14)21(24,12-15)26-25-18-7-5-17(6-8-18)22-19(23)13-20(2,3)4;1-2/h14-18,24H,5-13H2,1-4H3,(H,22,23);1-2H3. The molecular weight excluding hydrogens is 354 g/mol. The third kappa shape index (κ3) is 6.70. The van der Waals surface area contributed by atoms with Crippen molar-refractivity contribution in [2.75, 3.05) is 0 Å². The van der Waals surface area contributed by atoms with Crippen molar-refractivity contribution in [1.29, 1.82) is 0 Å². The van der Waals surface area contributed by atoms with Crippen molar-refractivity contribution in [1.82, 2.24) is 5.32 Å². The van der Waals surface area contributed by atoms with E-state index < -0.39 is 5.79 Å². The number of carbonyl (C=O) groups excluding carboxylic acids is 1. The van der Waals surface area contributed by atoms with Crippen molar-refractivity contribution in [2.45, 2.75) is 117 Å². The molecule has 0 radical (unpaired) electrons. The predicted molar refractivity (Wildman–Crippen MR) is 111 cm³/mol. The summed E-state index contributed by atoms with van der Waals surface area (Å²) < 4.78 is 0. The fourth-order valence-electron chi connectivity index (χ4n) is 5.18. The van der Waals surface area contributed by atoms with E-state index in [4.69, 9.17) is 9.78 Å². The zero-order valence-corrected chi connectivity index (χ0v) is 18.9. The first-order valence-corrected chi connectivity index (χ1v) is 11.5. The zero-order chi connectivity index (χ0) is 20.9. The normalized spacial score (nSPS) is 37.8. The summed E-state index contributed by atoms with van der Waals surface area (Å²) in [6.07, 6.45) is 8.12. The minimum Gasteiger partial charge on any atom is -0.363 e. The van der Waals surface area contributed by atoms with Crippen LogP contribution in [0.3, 0.4) is 0 Å². The molecule has 2 bridgehead atoms. The molecule has 5 heteroatoms. The molecule has 0 spiro atoms. The lowest BCUT2D eigenvalue weighted by Gasteiger charge is -2.34. The summed E-state index contributed by atoms with van der Waals surface area (Å²) in [5.74, 6) is 0.506. The molecule has 0 saturated heterocycles. The minimum atomic E-state index is -1.09. The van der Waals surface area contributed by atoms with Crippen LogP contribution in [0.15, 0.2) is 0 Å². The molecule has 2 N–H and O–H groups in total. The molecule has 3 saturated carbocycles. The van der Waals surface area contributed by atoms with Crippen LogP contribution < -0.4 is 5.32 Å². The number of fused-ring (bicyclic) bond motifs is 2. The zero-order valence-electron chi connectivity index (χ0n) is 18.9. The highest BCUT2D eigenvalue weighted by Crippen LogP contribution is 2.51. The molecule has 28 heavy (non-hydrogen) atoms. The van der Waals surface area contributed by atoms with Crippen molar-refractivity contribution in [2.24, 2.45) is 23.2 Å². The molecule has 0 heterocycles. The highest BCUT2D eigenvalue weighted by atomic mass is 17.2. The first kappa shape index (κ1) is 23.6. The Balaban J connectivity index is 0.00000136. The molecule has 5 nitrogen and oxygen atoms in total. The molecular formula is C23H43NO4. The van der Waals surface area contributed by atoms with Gasteiger partial charge in [-0.3, -0.25) is 4.79 Å². The van der Waals surface area contributed by atoms with Crippen molar-refractivity contribution in [3.8, 4) is 0 Å². The lowest BCUT2D eigenvalue weighted by molar-refractivity contribution is -0.447. The second-order valence-electron chi connectivity index (χ2n) is 10.4. The van der Waals surface area contributed by atoms with E-state index in [0.717, 1.165) is 38.5 Å². The Hall–Kier alpha value is -0.650. The fourth-order valence-corrected chi connectivity index (χ4v) is 5.18. The van der Waals surface area contributed by atoms with Crippen LogP contribution in [0, 0.1) is 23.2 Å². The average Bonchev–Trinajstić information content (AvgIpc) is 2.83. The van der Waals surface area contributed by atoms with E-state index in [1.165, 1.54) is 6.42 Å². The van der Waals surface area contributed by atoms with Crippen LogP contribution in [-0.2, 0) is 14.6 Å². The number of nitrogens with one attached hydrogen (secondary N) is 1. The Morgan fingerprint density at radius 3 is 2.36 bits per heavy atom. The molecule has 3 fully saturated rings. The molecule has 0 aliphatic heterocycles. The highest BCUT2D eigenvalue weighted by Gasteiger charge is 2.51. The molecule has 4 unspecified atom stereocenters. The van der Waals surface area contributed by atoms with Crippen LogP contribution in [0.25, 0.3) is 0 Å². The molecule has 0 aromatic rings. The summed E-state index contributed by atoms with van der Waals surface area (Å²) in [7, 11) is 0. The van der Waals surface area contributed by atoms with Crippen LogP contribution in [-0.4, -0.2) is 28.9 Å². The van der Waals surface area contributed by atoms with Crippen molar-refractivity contribution < 1.29 is 19.7 Å². The summed E-state index contributed by atoms with van der Waals surface area (Å²) in [5.41, 5.74) is 0.0184. The minimum absolute atomic E-state index is 0.0184. The lowest BCUT2D eigenvalue weighted by Crippen LogP contribution is -2.42. The van der Waals surface area contributed by atoms with Gasteiger partial charge >= 0.3 is 0 Å². The third-order valence-electron chi connectivity index (χ3n) is 6.32. The second-order valence-corrected chi connectivity index (χ2v) is 10.4. The molecule has 164 valence electrons. The van der Waals surface area contributed by atoms with Gasteiger partial charge in [0.1, 0.15) is 0 Å². The van der Waals surface area contributed by atoms with E-state index >= 15 is 0 Å².